The quantitative estimate of drug-likeness (QED) is 0.802. The average molecular weight is 333 g/mol. The number of rotatable bonds is 5. The normalized spacial score (nSPS) is 11.4. The summed E-state index contributed by atoms with van der Waals surface area (Å²) < 4.78 is 43.8. The second-order valence-electron chi connectivity index (χ2n) is 4.95. The van der Waals surface area contributed by atoms with E-state index in [0.717, 1.165) is 17.7 Å². The number of nitrogens with zero attached hydrogens (tertiary/aromatic N) is 1. The van der Waals surface area contributed by atoms with Gasteiger partial charge in [-0.1, -0.05) is 24.3 Å². The number of nitriles is 1. The Balaban J connectivity index is 1.94. The van der Waals surface area contributed by atoms with Crippen LogP contribution in [0.4, 0.5) is 13.2 Å². The lowest BCUT2D eigenvalue weighted by Crippen LogP contribution is -2.08. The molecule has 1 N–H and O–H groups in total. The van der Waals surface area contributed by atoms with Gasteiger partial charge in [0.05, 0.1) is 23.8 Å². The van der Waals surface area contributed by atoms with Crippen LogP contribution in [0, 0.1) is 11.3 Å². The Morgan fingerprint density at radius 2 is 1.96 bits per heavy atom. The third-order valence-electron chi connectivity index (χ3n) is 3.15. The van der Waals surface area contributed by atoms with Crippen LogP contribution in [0.1, 0.15) is 23.1 Å². The predicted octanol–water partition coefficient (Wildman–Crippen LogP) is 4.76. The molecule has 0 aliphatic heterocycles. The van der Waals surface area contributed by atoms with Crippen LogP contribution >= 0.6 is 0 Å². The minimum atomic E-state index is -4.60. The van der Waals surface area contributed by atoms with Gasteiger partial charge in [0.2, 0.25) is 0 Å². The van der Waals surface area contributed by atoms with E-state index in [0.29, 0.717) is 6.42 Å². The summed E-state index contributed by atoms with van der Waals surface area (Å²) in [5.74, 6) is 0.220. The molecule has 24 heavy (non-hydrogen) atoms. The Bertz CT molecular complexity index is 777. The van der Waals surface area contributed by atoms with Gasteiger partial charge < -0.3 is 9.84 Å². The van der Waals surface area contributed by atoms with Gasteiger partial charge in [-0.05, 0) is 42.3 Å². The molecule has 0 spiro atoms. The van der Waals surface area contributed by atoms with E-state index < -0.39 is 17.3 Å². The van der Waals surface area contributed by atoms with Gasteiger partial charge in [-0.15, -0.1) is 0 Å². The van der Waals surface area contributed by atoms with Crippen molar-refractivity contribution in [1.29, 1.82) is 5.26 Å². The first-order chi connectivity index (χ1) is 11.4. The van der Waals surface area contributed by atoms with Crippen molar-refractivity contribution in [3.63, 3.8) is 0 Å². The van der Waals surface area contributed by atoms with Crippen LogP contribution in [0.25, 0.3) is 6.08 Å². The van der Waals surface area contributed by atoms with Gasteiger partial charge in [0.25, 0.3) is 0 Å². The van der Waals surface area contributed by atoms with E-state index in [2.05, 4.69) is 0 Å². The molecular formula is C18H14F3NO2. The molecule has 0 saturated heterocycles. The molecule has 124 valence electrons. The summed E-state index contributed by atoms with van der Waals surface area (Å²) in [7, 11) is 0. The van der Waals surface area contributed by atoms with Crippen LogP contribution in [0.15, 0.2) is 48.5 Å². The summed E-state index contributed by atoms with van der Waals surface area (Å²) in [4.78, 5) is 0. The van der Waals surface area contributed by atoms with Crippen molar-refractivity contribution in [3.8, 4) is 17.6 Å². The molecule has 0 unspecified atom stereocenters. The molecule has 0 saturated carbocycles. The standard InChI is InChI=1S/C18H14F3NO2/c19-18(20,21)17-11-16(8-7-14(17)12-22)24-9-2-1-4-13-5-3-6-15(23)10-13/h1,3-8,10-11,23H,2,9H2. The zero-order valence-electron chi connectivity index (χ0n) is 12.5. The SMILES string of the molecule is N#Cc1ccc(OCCC=Cc2cccc(O)c2)cc1C(F)(F)F. The van der Waals surface area contributed by atoms with Crippen LogP contribution in [-0.4, -0.2) is 11.7 Å². The van der Waals surface area contributed by atoms with Crippen molar-refractivity contribution < 1.29 is 23.0 Å². The minimum Gasteiger partial charge on any atom is -0.508 e. The highest BCUT2D eigenvalue weighted by Gasteiger charge is 2.34. The van der Waals surface area contributed by atoms with E-state index in [1.54, 1.807) is 30.4 Å². The highest BCUT2D eigenvalue weighted by Crippen LogP contribution is 2.34. The van der Waals surface area contributed by atoms with E-state index in [1.165, 1.54) is 12.1 Å². The van der Waals surface area contributed by atoms with Crippen LogP contribution in [0.2, 0.25) is 0 Å². The maximum atomic E-state index is 12.8. The molecular weight excluding hydrogens is 319 g/mol. The molecule has 0 aromatic heterocycles. The molecule has 3 nitrogen and oxygen atoms in total. The van der Waals surface area contributed by atoms with Crippen LogP contribution < -0.4 is 4.74 Å². The molecule has 0 heterocycles. The van der Waals surface area contributed by atoms with Crippen LogP contribution in [0.5, 0.6) is 11.5 Å². The molecule has 0 aliphatic carbocycles. The second-order valence-corrected chi connectivity index (χ2v) is 4.95. The number of hydrogen-bond donors (Lipinski definition) is 1. The largest absolute Gasteiger partial charge is 0.508 e. The lowest BCUT2D eigenvalue weighted by Gasteiger charge is -2.11. The van der Waals surface area contributed by atoms with Gasteiger partial charge in [0.1, 0.15) is 11.5 Å². The Morgan fingerprint density at radius 3 is 2.62 bits per heavy atom. The van der Waals surface area contributed by atoms with Gasteiger partial charge >= 0.3 is 6.18 Å². The monoisotopic (exact) mass is 333 g/mol. The summed E-state index contributed by atoms with van der Waals surface area (Å²) in [5, 5.41) is 18.1. The number of phenolic OH excluding ortho intramolecular Hbond substituents is 1. The summed E-state index contributed by atoms with van der Waals surface area (Å²) in [6.45, 7) is 0.193. The minimum absolute atomic E-state index is 0.0621. The molecule has 0 amide bonds. The van der Waals surface area contributed by atoms with Gasteiger partial charge in [-0.2, -0.15) is 18.4 Å². The molecule has 0 atom stereocenters. The van der Waals surface area contributed by atoms with Crippen LogP contribution in [-0.2, 0) is 6.18 Å². The topological polar surface area (TPSA) is 53.2 Å². The third-order valence-corrected chi connectivity index (χ3v) is 3.15. The Labute approximate surface area is 137 Å². The molecule has 2 rings (SSSR count). The van der Waals surface area contributed by atoms with E-state index >= 15 is 0 Å². The number of benzene rings is 2. The molecule has 0 radical (unpaired) electrons. The Morgan fingerprint density at radius 1 is 1.17 bits per heavy atom. The number of phenols is 1. The van der Waals surface area contributed by atoms with Crippen molar-refractivity contribution in [2.45, 2.75) is 12.6 Å². The molecule has 6 heteroatoms. The predicted molar refractivity (Wildman–Crippen MR) is 83.4 cm³/mol. The maximum Gasteiger partial charge on any atom is 0.417 e. The third kappa shape index (κ3) is 4.78. The van der Waals surface area contributed by atoms with Gasteiger partial charge in [-0.25, -0.2) is 0 Å². The summed E-state index contributed by atoms with van der Waals surface area (Å²) in [5.41, 5.74) is -0.621. The number of alkyl halides is 3. The van der Waals surface area contributed by atoms with Crippen molar-refractivity contribution in [3.05, 3.63) is 65.2 Å². The first kappa shape index (κ1) is 17.4. The van der Waals surface area contributed by atoms with Crippen molar-refractivity contribution in [2.24, 2.45) is 0 Å². The van der Waals surface area contributed by atoms with Crippen molar-refractivity contribution in [1.82, 2.24) is 0 Å². The van der Waals surface area contributed by atoms with Crippen LogP contribution in [0.3, 0.4) is 0 Å². The second kappa shape index (κ2) is 7.55. The van der Waals surface area contributed by atoms with Crippen molar-refractivity contribution >= 4 is 6.08 Å². The van der Waals surface area contributed by atoms with E-state index in [9.17, 15) is 18.3 Å². The average Bonchev–Trinajstić information content (AvgIpc) is 2.53. The van der Waals surface area contributed by atoms with Gasteiger partial charge in [0.15, 0.2) is 0 Å². The number of aromatic hydroxyl groups is 1. The Kier molecular flexibility index (Phi) is 5.48. The lowest BCUT2D eigenvalue weighted by molar-refractivity contribution is -0.137. The first-order valence-corrected chi connectivity index (χ1v) is 7.10. The lowest BCUT2D eigenvalue weighted by atomic mass is 10.1. The molecule has 2 aromatic carbocycles. The van der Waals surface area contributed by atoms with E-state index in [4.69, 9.17) is 10.00 Å². The summed E-state index contributed by atoms with van der Waals surface area (Å²) in [6.07, 6.45) is -0.539. The smallest absolute Gasteiger partial charge is 0.417 e. The van der Waals surface area contributed by atoms with E-state index in [1.807, 2.05) is 6.07 Å². The summed E-state index contributed by atoms with van der Waals surface area (Å²) >= 11 is 0. The Hall–Kier alpha value is -2.94. The number of halogens is 3. The fourth-order valence-corrected chi connectivity index (χ4v) is 2.04. The molecule has 0 fully saturated rings. The van der Waals surface area contributed by atoms with Crippen molar-refractivity contribution in [2.75, 3.05) is 6.61 Å². The fourth-order valence-electron chi connectivity index (χ4n) is 2.04. The maximum absolute atomic E-state index is 12.8. The fraction of sp³-hybridized carbons (Fsp3) is 0.167. The highest BCUT2D eigenvalue weighted by atomic mass is 19.4. The number of hydrogen-bond acceptors (Lipinski definition) is 3. The zero-order chi connectivity index (χ0) is 17.6. The molecule has 0 bridgehead atoms. The molecule has 0 aliphatic rings. The molecule has 2 aromatic rings. The number of ether oxygens (including phenoxy) is 1. The van der Waals surface area contributed by atoms with E-state index in [-0.39, 0.29) is 18.1 Å². The highest BCUT2D eigenvalue weighted by molar-refractivity contribution is 5.51. The zero-order valence-corrected chi connectivity index (χ0v) is 12.5. The summed E-state index contributed by atoms with van der Waals surface area (Å²) in [6, 6.07) is 11.5. The van der Waals surface area contributed by atoms with Gasteiger partial charge in [0, 0.05) is 0 Å². The van der Waals surface area contributed by atoms with Gasteiger partial charge in [-0.3, -0.25) is 0 Å². The first-order valence-electron chi connectivity index (χ1n) is 7.10.